The van der Waals surface area contributed by atoms with Crippen molar-refractivity contribution in [2.75, 3.05) is 0 Å². The van der Waals surface area contributed by atoms with Crippen LogP contribution < -0.4 is 0 Å². The molecule has 0 unspecified atom stereocenters. The van der Waals surface area contributed by atoms with E-state index in [9.17, 15) is 19.2 Å². The summed E-state index contributed by atoms with van der Waals surface area (Å²) in [7, 11) is 0. The molecule has 0 saturated carbocycles. The minimum atomic E-state index is -1.31. The van der Waals surface area contributed by atoms with E-state index in [-0.39, 0.29) is 19.5 Å². The molecule has 0 radical (unpaired) electrons. The summed E-state index contributed by atoms with van der Waals surface area (Å²) >= 11 is 0. The molecule has 0 aliphatic heterocycles. The quantitative estimate of drug-likeness (QED) is 0.335. The van der Waals surface area contributed by atoms with E-state index in [2.05, 4.69) is 13.8 Å². The molecule has 0 saturated heterocycles. The van der Waals surface area contributed by atoms with E-state index in [0.717, 1.165) is 0 Å². The van der Waals surface area contributed by atoms with Gasteiger partial charge in [-0.3, -0.25) is 19.2 Å². The summed E-state index contributed by atoms with van der Waals surface area (Å²) in [5.41, 5.74) is 0. The van der Waals surface area contributed by atoms with E-state index in [1.807, 2.05) is 0 Å². The van der Waals surface area contributed by atoms with Crippen LogP contribution in [0.4, 0.5) is 0 Å². The predicted octanol–water partition coefficient (Wildman–Crippen LogP) is 0.770. The van der Waals surface area contributed by atoms with Crippen molar-refractivity contribution in [1.29, 1.82) is 0 Å². The number of carboxylic acid groups (broad SMARTS) is 4. The Balaban J connectivity index is -0.0000000522. The molecule has 0 rings (SSSR count). The Bertz CT molecular complexity index is 202. The fraction of sp³-hybridized carbons (Fsp3) is 0.400. The van der Waals surface area contributed by atoms with Crippen LogP contribution in [0, 0.1) is 13.8 Å². The first-order valence-electron chi connectivity index (χ1n) is 4.54. The molecule has 9 heteroatoms. The Labute approximate surface area is 124 Å². The van der Waals surface area contributed by atoms with Gasteiger partial charge in [0.1, 0.15) is 12.8 Å². The SMILES string of the molecule is O=C(O)CC(=O)O.O=C(O)CC(=O)O.[CH2-]C.[CH2-]C.[Zn+2]. The number of carbonyl (C=O) groups is 4. The largest absolute Gasteiger partial charge is 2.00 e. The molecular weight excluding hydrogens is 313 g/mol. The fourth-order valence-electron chi connectivity index (χ4n) is 0.259. The Morgan fingerprint density at radius 3 is 0.737 bits per heavy atom. The van der Waals surface area contributed by atoms with Crippen molar-refractivity contribution in [1.82, 2.24) is 0 Å². The van der Waals surface area contributed by atoms with E-state index < -0.39 is 36.7 Å². The van der Waals surface area contributed by atoms with Crippen LogP contribution in [0.2, 0.25) is 0 Å². The first-order chi connectivity index (χ1) is 8.25. The number of rotatable bonds is 4. The third-order valence-corrected chi connectivity index (χ3v) is 0.605. The maximum Gasteiger partial charge on any atom is 2.00 e. The van der Waals surface area contributed by atoms with Crippen molar-refractivity contribution < 1.29 is 59.1 Å². The van der Waals surface area contributed by atoms with Crippen LogP contribution in [0.3, 0.4) is 0 Å². The Kier molecular flexibility index (Phi) is 40.7. The van der Waals surface area contributed by atoms with Gasteiger partial charge in [-0.05, 0) is 0 Å². The summed E-state index contributed by atoms with van der Waals surface area (Å²) in [6, 6.07) is 0. The van der Waals surface area contributed by atoms with Crippen LogP contribution in [-0.2, 0) is 38.7 Å². The minimum Gasteiger partial charge on any atom is -0.481 e. The summed E-state index contributed by atoms with van der Waals surface area (Å²) < 4.78 is 0. The van der Waals surface area contributed by atoms with E-state index in [4.69, 9.17) is 20.4 Å². The number of carboxylic acids is 4. The Hall–Kier alpha value is -1.50. The van der Waals surface area contributed by atoms with Crippen LogP contribution in [0.1, 0.15) is 26.7 Å². The van der Waals surface area contributed by atoms with Gasteiger partial charge in [-0.1, -0.05) is 0 Å². The van der Waals surface area contributed by atoms with Crippen molar-refractivity contribution in [2.24, 2.45) is 0 Å². The van der Waals surface area contributed by atoms with E-state index in [0.29, 0.717) is 0 Å². The molecule has 0 atom stereocenters. The third kappa shape index (κ3) is 82.1. The molecule has 4 N–H and O–H groups in total. The molecule has 0 amide bonds. The van der Waals surface area contributed by atoms with Crippen molar-refractivity contribution >= 4 is 23.9 Å². The van der Waals surface area contributed by atoms with Crippen molar-refractivity contribution in [3.8, 4) is 0 Å². The number of hydrogen-bond acceptors (Lipinski definition) is 4. The number of hydrogen-bond donors (Lipinski definition) is 4. The number of aliphatic carboxylic acids is 4. The van der Waals surface area contributed by atoms with Crippen LogP contribution in [-0.4, -0.2) is 44.3 Å². The molecule has 0 aliphatic rings. The molecule has 0 spiro atoms. The maximum absolute atomic E-state index is 9.43. The molecule has 0 fully saturated rings. The minimum absolute atomic E-state index is 0. The summed E-state index contributed by atoms with van der Waals surface area (Å²) in [6.45, 7) is 10.0. The van der Waals surface area contributed by atoms with Gasteiger partial charge < -0.3 is 34.3 Å². The van der Waals surface area contributed by atoms with Crippen LogP contribution >= 0.6 is 0 Å². The molecule has 8 nitrogen and oxygen atoms in total. The van der Waals surface area contributed by atoms with Crippen LogP contribution in [0.5, 0.6) is 0 Å². The standard InChI is InChI=1S/2C3H4O4.2C2H5.Zn/c2*4-2(5)1-3(6)7;2*1-2;/h2*1H2,(H,4,5)(H,6,7);2*1H2,2H3;/q;;2*-1;+2. The van der Waals surface area contributed by atoms with Gasteiger partial charge in [-0.2, -0.15) is 13.8 Å². The zero-order valence-corrected chi connectivity index (χ0v) is 13.9. The second kappa shape index (κ2) is 25.4. The molecule has 0 aromatic rings. The van der Waals surface area contributed by atoms with Crippen LogP contribution in [0.25, 0.3) is 0 Å². The average molecular weight is 332 g/mol. The summed E-state index contributed by atoms with van der Waals surface area (Å²) in [5, 5.41) is 30.8. The Morgan fingerprint density at radius 2 is 0.737 bits per heavy atom. The van der Waals surface area contributed by atoms with Gasteiger partial charge in [0.25, 0.3) is 0 Å². The molecule has 19 heavy (non-hydrogen) atoms. The maximum atomic E-state index is 9.43. The second-order valence-corrected chi connectivity index (χ2v) is 1.93. The van der Waals surface area contributed by atoms with Gasteiger partial charge in [0.05, 0.1) is 0 Å². The van der Waals surface area contributed by atoms with Crippen molar-refractivity contribution in [3.05, 3.63) is 13.8 Å². The first kappa shape index (κ1) is 30.5. The van der Waals surface area contributed by atoms with Gasteiger partial charge in [0.2, 0.25) is 0 Å². The van der Waals surface area contributed by atoms with Crippen molar-refractivity contribution in [3.63, 3.8) is 0 Å². The topological polar surface area (TPSA) is 149 Å². The zero-order valence-electron chi connectivity index (χ0n) is 11.0. The second-order valence-electron chi connectivity index (χ2n) is 1.93. The molecule has 0 aromatic carbocycles. The monoisotopic (exact) mass is 330 g/mol. The summed E-state index contributed by atoms with van der Waals surface area (Å²) in [4.78, 5) is 37.7. The van der Waals surface area contributed by atoms with Gasteiger partial charge >= 0.3 is 43.4 Å². The molecular formula is C10H18O8Zn. The zero-order chi connectivity index (χ0) is 15.7. The summed E-state index contributed by atoms with van der Waals surface area (Å²) in [6.07, 6.45) is -1.61. The molecule has 0 heterocycles. The third-order valence-electron chi connectivity index (χ3n) is 0.605. The predicted molar refractivity (Wildman–Crippen MR) is 61.8 cm³/mol. The van der Waals surface area contributed by atoms with Gasteiger partial charge in [-0.15, -0.1) is 0 Å². The average Bonchev–Trinajstić information content (AvgIpc) is 2.20. The Morgan fingerprint density at radius 1 is 0.632 bits per heavy atom. The first-order valence-corrected chi connectivity index (χ1v) is 4.54. The van der Waals surface area contributed by atoms with E-state index in [1.54, 1.807) is 13.8 Å². The van der Waals surface area contributed by atoms with Crippen molar-refractivity contribution in [2.45, 2.75) is 26.7 Å². The smallest absolute Gasteiger partial charge is 0.481 e. The molecule has 0 aromatic heterocycles. The molecule has 0 aliphatic carbocycles. The van der Waals surface area contributed by atoms with Gasteiger partial charge in [0.15, 0.2) is 0 Å². The molecule has 0 bridgehead atoms. The van der Waals surface area contributed by atoms with Gasteiger partial charge in [0, 0.05) is 0 Å². The molecule has 108 valence electrons. The van der Waals surface area contributed by atoms with E-state index >= 15 is 0 Å². The fourth-order valence-corrected chi connectivity index (χ4v) is 0.259. The van der Waals surface area contributed by atoms with Gasteiger partial charge in [-0.25, -0.2) is 0 Å². The normalized spacial score (nSPS) is 6.53. The summed E-state index contributed by atoms with van der Waals surface area (Å²) in [5.74, 6) is -5.25. The van der Waals surface area contributed by atoms with E-state index in [1.165, 1.54) is 0 Å². The van der Waals surface area contributed by atoms with Crippen LogP contribution in [0.15, 0.2) is 0 Å².